The lowest BCUT2D eigenvalue weighted by Gasteiger charge is -2.21. The molecule has 102 valence electrons. The van der Waals surface area contributed by atoms with E-state index >= 15 is 0 Å². The highest BCUT2D eigenvalue weighted by molar-refractivity contribution is 9.10. The fourth-order valence-electron chi connectivity index (χ4n) is 2.20. The van der Waals surface area contributed by atoms with E-state index in [1.165, 1.54) is 0 Å². The van der Waals surface area contributed by atoms with E-state index in [1.807, 2.05) is 37.0 Å². The molecular formula is C14H17BrClN3. The van der Waals surface area contributed by atoms with Crippen LogP contribution in [0.1, 0.15) is 29.8 Å². The highest BCUT2D eigenvalue weighted by atomic mass is 79.9. The molecule has 0 spiro atoms. The molecule has 0 saturated heterocycles. The molecule has 0 fully saturated rings. The summed E-state index contributed by atoms with van der Waals surface area (Å²) in [5.41, 5.74) is 3.24. The van der Waals surface area contributed by atoms with Gasteiger partial charge in [-0.05, 0) is 40.5 Å². The maximum atomic E-state index is 6.46. The number of hydrogen-bond donors (Lipinski definition) is 1. The van der Waals surface area contributed by atoms with Gasteiger partial charge < -0.3 is 5.32 Å². The maximum Gasteiger partial charge on any atom is 0.0774 e. The summed E-state index contributed by atoms with van der Waals surface area (Å²) in [6, 6.07) is 6.14. The van der Waals surface area contributed by atoms with Crippen LogP contribution in [0.2, 0.25) is 5.02 Å². The van der Waals surface area contributed by atoms with Crippen molar-refractivity contribution in [1.29, 1.82) is 0 Å². The van der Waals surface area contributed by atoms with Gasteiger partial charge in [0, 0.05) is 12.1 Å². The number of rotatable bonds is 4. The molecule has 5 heteroatoms. The molecular weight excluding hydrogens is 326 g/mol. The number of aryl methyl sites for hydroxylation is 2. The number of hydrogen-bond acceptors (Lipinski definition) is 2. The molecule has 1 aromatic heterocycles. The molecule has 1 atom stereocenters. The van der Waals surface area contributed by atoms with Crippen molar-refractivity contribution in [1.82, 2.24) is 15.1 Å². The van der Waals surface area contributed by atoms with E-state index in [-0.39, 0.29) is 6.04 Å². The van der Waals surface area contributed by atoms with Crippen molar-refractivity contribution < 1.29 is 0 Å². The number of aromatic nitrogens is 2. The van der Waals surface area contributed by atoms with Crippen molar-refractivity contribution >= 4 is 27.5 Å². The van der Waals surface area contributed by atoms with Gasteiger partial charge in [0.05, 0.1) is 22.4 Å². The standard InChI is InChI=1S/C14H17BrClN3/c1-4-17-13(14-11(15)8-18-19(14)3)10-7-5-6-9(2)12(10)16/h5-8,13,17H,4H2,1-3H3. The maximum absolute atomic E-state index is 6.46. The Morgan fingerprint density at radius 3 is 2.79 bits per heavy atom. The van der Waals surface area contributed by atoms with Gasteiger partial charge in [0.15, 0.2) is 0 Å². The average Bonchev–Trinajstić information content (AvgIpc) is 2.70. The van der Waals surface area contributed by atoms with Crippen molar-refractivity contribution in [2.24, 2.45) is 7.05 Å². The zero-order valence-electron chi connectivity index (χ0n) is 11.2. The second-order valence-electron chi connectivity index (χ2n) is 4.47. The number of halogens is 2. The van der Waals surface area contributed by atoms with Crippen molar-refractivity contribution in [3.05, 3.63) is 50.7 Å². The fourth-order valence-corrected chi connectivity index (χ4v) is 3.01. The van der Waals surface area contributed by atoms with Gasteiger partial charge >= 0.3 is 0 Å². The van der Waals surface area contributed by atoms with Gasteiger partial charge in [-0.3, -0.25) is 4.68 Å². The van der Waals surface area contributed by atoms with E-state index in [0.717, 1.165) is 32.9 Å². The van der Waals surface area contributed by atoms with Crippen molar-refractivity contribution in [3.8, 4) is 0 Å². The van der Waals surface area contributed by atoms with E-state index < -0.39 is 0 Å². The molecule has 19 heavy (non-hydrogen) atoms. The fraction of sp³-hybridized carbons (Fsp3) is 0.357. The van der Waals surface area contributed by atoms with Gasteiger partial charge in [0.2, 0.25) is 0 Å². The third-order valence-electron chi connectivity index (χ3n) is 3.15. The van der Waals surface area contributed by atoms with Crippen LogP contribution in [-0.4, -0.2) is 16.3 Å². The van der Waals surface area contributed by atoms with Crippen LogP contribution in [0.3, 0.4) is 0 Å². The summed E-state index contributed by atoms with van der Waals surface area (Å²) in [5.74, 6) is 0. The summed E-state index contributed by atoms with van der Waals surface area (Å²) in [7, 11) is 1.94. The first-order chi connectivity index (χ1) is 9.06. The second kappa shape index (κ2) is 6.07. The van der Waals surface area contributed by atoms with Gasteiger partial charge in [-0.15, -0.1) is 0 Å². The number of nitrogens with one attached hydrogen (secondary N) is 1. The predicted molar refractivity (Wildman–Crippen MR) is 82.6 cm³/mol. The first-order valence-electron chi connectivity index (χ1n) is 6.22. The van der Waals surface area contributed by atoms with Gasteiger partial charge in [-0.2, -0.15) is 5.10 Å². The summed E-state index contributed by atoms with van der Waals surface area (Å²) in [5, 5.41) is 8.57. The summed E-state index contributed by atoms with van der Waals surface area (Å²) in [6.45, 7) is 4.96. The average molecular weight is 343 g/mol. The number of benzene rings is 1. The third kappa shape index (κ3) is 2.86. The van der Waals surface area contributed by atoms with Gasteiger partial charge in [0.1, 0.15) is 0 Å². The van der Waals surface area contributed by atoms with Crippen LogP contribution >= 0.6 is 27.5 Å². The Hall–Kier alpha value is -0.840. The van der Waals surface area contributed by atoms with Gasteiger partial charge in [-0.25, -0.2) is 0 Å². The molecule has 2 aromatic rings. The molecule has 0 aliphatic heterocycles. The third-order valence-corrected chi connectivity index (χ3v) is 4.28. The van der Waals surface area contributed by atoms with E-state index in [9.17, 15) is 0 Å². The normalized spacial score (nSPS) is 12.7. The Morgan fingerprint density at radius 1 is 1.47 bits per heavy atom. The molecule has 1 heterocycles. The second-order valence-corrected chi connectivity index (χ2v) is 5.70. The molecule has 1 unspecified atom stereocenters. The molecule has 2 rings (SSSR count). The monoisotopic (exact) mass is 341 g/mol. The quantitative estimate of drug-likeness (QED) is 0.915. The summed E-state index contributed by atoms with van der Waals surface area (Å²) in [4.78, 5) is 0. The van der Waals surface area contributed by atoms with Crippen LogP contribution in [0.25, 0.3) is 0 Å². The Labute approximate surface area is 127 Å². The van der Waals surface area contributed by atoms with E-state index in [2.05, 4.69) is 39.3 Å². The molecule has 1 N–H and O–H groups in total. The largest absolute Gasteiger partial charge is 0.305 e. The van der Waals surface area contributed by atoms with Crippen LogP contribution in [0.5, 0.6) is 0 Å². The van der Waals surface area contributed by atoms with Crippen LogP contribution in [0.4, 0.5) is 0 Å². The van der Waals surface area contributed by atoms with Crippen LogP contribution in [0, 0.1) is 6.92 Å². The van der Waals surface area contributed by atoms with Crippen LogP contribution in [0.15, 0.2) is 28.9 Å². The van der Waals surface area contributed by atoms with Crippen molar-refractivity contribution in [2.75, 3.05) is 6.54 Å². The van der Waals surface area contributed by atoms with Crippen LogP contribution < -0.4 is 5.32 Å². The van der Waals surface area contributed by atoms with Crippen LogP contribution in [-0.2, 0) is 7.05 Å². The zero-order valence-corrected chi connectivity index (χ0v) is 13.6. The molecule has 1 aromatic carbocycles. The lowest BCUT2D eigenvalue weighted by molar-refractivity contribution is 0.570. The number of nitrogens with zero attached hydrogens (tertiary/aromatic N) is 2. The minimum Gasteiger partial charge on any atom is -0.305 e. The molecule has 0 radical (unpaired) electrons. The van der Waals surface area contributed by atoms with E-state index in [1.54, 1.807) is 0 Å². The lowest BCUT2D eigenvalue weighted by atomic mass is 10.0. The summed E-state index contributed by atoms with van der Waals surface area (Å²) < 4.78 is 2.86. The van der Waals surface area contributed by atoms with Gasteiger partial charge in [0.25, 0.3) is 0 Å². The molecule has 0 aliphatic rings. The minimum absolute atomic E-state index is 0.0271. The smallest absolute Gasteiger partial charge is 0.0774 e. The Balaban J connectivity index is 2.55. The van der Waals surface area contributed by atoms with Crippen molar-refractivity contribution in [3.63, 3.8) is 0 Å². The summed E-state index contributed by atoms with van der Waals surface area (Å²) in [6.07, 6.45) is 1.81. The minimum atomic E-state index is 0.0271. The first-order valence-corrected chi connectivity index (χ1v) is 7.39. The van der Waals surface area contributed by atoms with Crippen molar-refractivity contribution in [2.45, 2.75) is 19.9 Å². The SMILES string of the molecule is CCNC(c1cccc(C)c1Cl)c1c(Br)cnn1C. The van der Waals surface area contributed by atoms with E-state index in [0.29, 0.717) is 0 Å². The topological polar surface area (TPSA) is 29.9 Å². The summed E-state index contributed by atoms with van der Waals surface area (Å²) >= 11 is 10.0. The predicted octanol–water partition coefficient (Wildman–Crippen LogP) is 3.84. The lowest BCUT2D eigenvalue weighted by Crippen LogP contribution is -2.25. The molecule has 0 aliphatic carbocycles. The zero-order chi connectivity index (χ0) is 14.0. The first kappa shape index (κ1) is 14.6. The van der Waals surface area contributed by atoms with Gasteiger partial charge in [-0.1, -0.05) is 36.7 Å². The Kier molecular flexibility index (Phi) is 4.66. The molecule has 0 amide bonds. The molecule has 0 saturated carbocycles. The molecule has 0 bridgehead atoms. The van der Waals surface area contributed by atoms with E-state index in [4.69, 9.17) is 11.6 Å². The Morgan fingerprint density at radius 2 is 2.21 bits per heavy atom. The highest BCUT2D eigenvalue weighted by Gasteiger charge is 2.22. The molecule has 3 nitrogen and oxygen atoms in total. The Bertz CT molecular complexity index is 561. The highest BCUT2D eigenvalue weighted by Crippen LogP contribution is 2.33.